The fraction of sp³-hybridized carbons (Fsp3) is 0.474. The Bertz CT molecular complexity index is 663. The van der Waals surface area contributed by atoms with Crippen molar-refractivity contribution in [3.8, 4) is 0 Å². The van der Waals surface area contributed by atoms with Gasteiger partial charge in [-0.05, 0) is 31.2 Å². The maximum Gasteiger partial charge on any atom is 0.276 e. The highest BCUT2D eigenvalue weighted by molar-refractivity contribution is 5.92. The molecular formula is C19H24N2O2. The summed E-state index contributed by atoms with van der Waals surface area (Å²) < 4.78 is 5.27. The van der Waals surface area contributed by atoms with E-state index in [4.69, 9.17) is 4.52 Å². The van der Waals surface area contributed by atoms with Crippen LogP contribution in [0.15, 0.2) is 40.9 Å². The van der Waals surface area contributed by atoms with Crippen LogP contribution in [0.4, 0.5) is 0 Å². The monoisotopic (exact) mass is 312 g/mol. The number of carbonyl (C=O) groups excluding carboxylic acids is 1. The number of nitrogens with zero attached hydrogens (tertiary/aromatic N) is 2. The number of benzene rings is 1. The summed E-state index contributed by atoms with van der Waals surface area (Å²) in [6.07, 6.45) is 1.99. The second-order valence-electron chi connectivity index (χ2n) is 6.75. The molecule has 1 amide bonds. The van der Waals surface area contributed by atoms with Crippen LogP contribution in [0.5, 0.6) is 0 Å². The van der Waals surface area contributed by atoms with Crippen LogP contribution < -0.4 is 0 Å². The SMILES string of the molecule is CC(C)c1cc(C(=O)N2CC[C@H](c3ccccc3)C[C@@H]2C)no1. The van der Waals surface area contributed by atoms with Gasteiger partial charge in [0.25, 0.3) is 5.91 Å². The molecule has 0 spiro atoms. The Morgan fingerprint density at radius 1 is 1.30 bits per heavy atom. The van der Waals surface area contributed by atoms with Gasteiger partial charge in [-0.3, -0.25) is 4.79 Å². The Morgan fingerprint density at radius 3 is 2.65 bits per heavy atom. The van der Waals surface area contributed by atoms with Gasteiger partial charge in [-0.1, -0.05) is 49.3 Å². The minimum atomic E-state index is -0.0142. The number of amides is 1. The van der Waals surface area contributed by atoms with Crippen molar-refractivity contribution in [2.24, 2.45) is 0 Å². The minimum Gasteiger partial charge on any atom is -0.360 e. The van der Waals surface area contributed by atoms with Crippen molar-refractivity contribution in [1.82, 2.24) is 10.1 Å². The number of carbonyl (C=O) groups is 1. The lowest BCUT2D eigenvalue weighted by Crippen LogP contribution is -2.44. The molecule has 0 saturated carbocycles. The second-order valence-corrected chi connectivity index (χ2v) is 6.75. The first-order valence-electron chi connectivity index (χ1n) is 8.38. The Hall–Kier alpha value is -2.10. The van der Waals surface area contributed by atoms with Gasteiger partial charge in [0.05, 0.1) is 0 Å². The Morgan fingerprint density at radius 2 is 2.04 bits per heavy atom. The van der Waals surface area contributed by atoms with E-state index in [0.717, 1.165) is 25.1 Å². The molecule has 1 aliphatic heterocycles. The van der Waals surface area contributed by atoms with Gasteiger partial charge in [0.1, 0.15) is 5.76 Å². The molecular weight excluding hydrogens is 288 g/mol. The van der Waals surface area contributed by atoms with Crippen molar-refractivity contribution in [1.29, 1.82) is 0 Å². The summed E-state index contributed by atoms with van der Waals surface area (Å²) in [7, 11) is 0. The van der Waals surface area contributed by atoms with Crippen LogP contribution in [0.3, 0.4) is 0 Å². The number of aromatic nitrogens is 1. The summed E-state index contributed by atoms with van der Waals surface area (Å²) in [6, 6.07) is 12.6. The molecule has 2 atom stereocenters. The van der Waals surface area contributed by atoms with Crippen LogP contribution >= 0.6 is 0 Å². The summed E-state index contributed by atoms with van der Waals surface area (Å²) in [5.74, 6) is 1.52. The van der Waals surface area contributed by atoms with Gasteiger partial charge in [-0.15, -0.1) is 0 Å². The molecule has 3 rings (SSSR count). The second kappa shape index (κ2) is 6.57. The fourth-order valence-corrected chi connectivity index (χ4v) is 3.31. The van der Waals surface area contributed by atoms with Crippen LogP contribution in [0.2, 0.25) is 0 Å². The summed E-state index contributed by atoms with van der Waals surface area (Å²) in [4.78, 5) is 14.6. The van der Waals surface area contributed by atoms with E-state index in [1.165, 1.54) is 5.56 Å². The summed E-state index contributed by atoms with van der Waals surface area (Å²) in [5, 5.41) is 3.96. The third-order valence-corrected chi connectivity index (χ3v) is 4.72. The van der Waals surface area contributed by atoms with Gasteiger partial charge in [-0.2, -0.15) is 0 Å². The average Bonchev–Trinajstić information content (AvgIpc) is 3.05. The smallest absolute Gasteiger partial charge is 0.276 e. The molecule has 1 aromatic heterocycles. The first kappa shape index (κ1) is 15.8. The van der Waals surface area contributed by atoms with Crippen LogP contribution in [0.1, 0.15) is 67.3 Å². The molecule has 0 aliphatic carbocycles. The first-order chi connectivity index (χ1) is 11.1. The fourth-order valence-electron chi connectivity index (χ4n) is 3.31. The van der Waals surface area contributed by atoms with E-state index in [1.54, 1.807) is 6.07 Å². The number of hydrogen-bond donors (Lipinski definition) is 0. The molecule has 0 radical (unpaired) electrons. The lowest BCUT2D eigenvalue weighted by atomic mass is 9.86. The average molecular weight is 312 g/mol. The first-order valence-corrected chi connectivity index (χ1v) is 8.38. The van der Waals surface area contributed by atoms with Crippen LogP contribution in [0, 0.1) is 0 Å². The topological polar surface area (TPSA) is 46.3 Å². The predicted molar refractivity (Wildman–Crippen MR) is 89.5 cm³/mol. The molecule has 4 nitrogen and oxygen atoms in total. The summed E-state index contributed by atoms with van der Waals surface area (Å²) in [6.45, 7) is 6.95. The summed E-state index contributed by atoms with van der Waals surface area (Å²) >= 11 is 0. The highest BCUT2D eigenvalue weighted by atomic mass is 16.5. The Kier molecular flexibility index (Phi) is 4.51. The molecule has 0 unspecified atom stereocenters. The molecule has 2 aromatic rings. The van der Waals surface area contributed by atoms with E-state index in [2.05, 4.69) is 36.3 Å². The molecule has 2 heterocycles. The maximum absolute atomic E-state index is 12.7. The highest BCUT2D eigenvalue weighted by Crippen LogP contribution is 2.32. The van der Waals surface area contributed by atoms with E-state index < -0.39 is 0 Å². The Balaban J connectivity index is 1.69. The van der Waals surface area contributed by atoms with Crippen LogP contribution in [0.25, 0.3) is 0 Å². The van der Waals surface area contributed by atoms with E-state index >= 15 is 0 Å². The zero-order valence-corrected chi connectivity index (χ0v) is 14.0. The van der Waals surface area contributed by atoms with Gasteiger partial charge in [0.15, 0.2) is 5.69 Å². The van der Waals surface area contributed by atoms with Crippen molar-refractivity contribution in [3.63, 3.8) is 0 Å². The quantitative estimate of drug-likeness (QED) is 0.853. The molecule has 4 heteroatoms. The molecule has 23 heavy (non-hydrogen) atoms. The lowest BCUT2D eigenvalue weighted by molar-refractivity contribution is 0.0605. The molecule has 1 saturated heterocycles. The van der Waals surface area contributed by atoms with Crippen LogP contribution in [-0.2, 0) is 0 Å². The van der Waals surface area contributed by atoms with Gasteiger partial charge >= 0.3 is 0 Å². The molecule has 1 aliphatic rings. The molecule has 0 bridgehead atoms. The van der Waals surface area contributed by atoms with Crippen molar-refractivity contribution < 1.29 is 9.32 Å². The van der Waals surface area contributed by atoms with E-state index in [-0.39, 0.29) is 17.9 Å². The highest BCUT2D eigenvalue weighted by Gasteiger charge is 2.31. The number of likely N-dealkylation sites (tertiary alicyclic amines) is 1. The molecule has 122 valence electrons. The van der Waals surface area contributed by atoms with Crippen molar-refractivity contribution in [2.75, 3.05) is 6.54 Å². The van der Waals surface area contributed by atoms with Crippen molar-refractivity contribution >= 4 is 5.91 Å². The predicted octanol–water partition coefficient (Wildman–Crippen LogP) is 4.21. The minimum absolute atomic E-state index is 0.0142. The van der Waals surface area contributed by atoms with Gasteiger partial charge < -0.3 is 9.42 Å². The summed E-state index contributed by atoms with van der Waals surface area (Å²) in [5.41, 5.74) is 1.80. The maximum atomic E-state index is 12.7. The van der Waals surface area contributed by atoms with Gasteiger partial charge in [-0.25, -0.2) is 0 Å². The van der Waals surface area contributed by atoms with E-state index in [9.17, 15) is 4.79 Å². The van der Waals surface area contributed by atoms with Gasteiger partial charge in [0.2, 0.25) is 0 Å². The zero-order chi connectivity index (χ0) is 16.4. The Labute approximate surface area is 137 Å². The van der Waals surface area contributed by atoms with Crippen LogP contribution in [-0.4, -0.2) is 28.6 Å². The normalized spacial score (nSPS) is 21.7. The third-order valence-electron chi connectivity index (χ3n) is 4.72. The molecule has 1 aromatic carbocycles. The lowest BCUT2D eigenvalue weighted by Gasteiger charge is -2.37. The largest absolute Gasteiger partial charge is 0.360 e. The number of rotatable bonds is 3. The molecule has 0 N–H and O–H groups in total. The standard InChI is InChI=1S/C19H24N2O2/c1-13(2)18-12-17(20-23-18)19(22)21-10-9-16(11-14(21)3)15-7-5-4-6-8-15/h4-8,12-14,16H,9-11H2,1-3H3/t14-,16-/m0/s1. The third kappa shape index (κ3) is 3.31. The number of hydrogen-bond acceptors (Lipinski definition) is 3. The van der Waals surface area contributed by atoms with E-state index in [1.807, 2.05) is 24.8 Å². The number of piperidine rings is 1. The van der Waals surface area contributed by atoms with Crippen molar-refractivity contribution in [3.05, 3.63) is 53.4 Å². The zero-order valence-electron chi connectivity index (χ0n) is 14.0. The molecule has 1 fully saturated rings. The van der Waals surface area contributed by atoms with E-state index in [0.29, 0.717) is 11.6 Å². The van der Waals surface area contributed by atoms with Gasteiger partial charge in [0, 0.05) is 24.6 Å². The van der Waals surface area contributed by atoms with Crippen molar-refractivity contribution in [2.45, 2.75) is 51.5 Å².